The monoisotopic (exact) mass is 435 g/mol. The van der Waals surface area contributed by atoms with Gasteiger partial charge in [0.2, 0.25) is 0 Å². The average Bonchev–Trinajstić information content (AvgIpc) is 3.23. The van der Waals surface area contributed by atoms with Crippen molar-refractivity contribution in [1.82, 2.24) is 0 Å². The van der Waals surface area contributed by atoms with Gasteiger partial charge in [-0.25, -0.2) is 0 Å². The molecule has 1 amide bonds. The van der Waals surface area contributed by atoms with Crippen molar-refractivity contribution in [2.24, 2.45) is 0 Å². The molecule has 0 saturated carbocycles. The summed E-state index contributed by atoms with van der Waals surface area (Å²) in [6, 6.07) is 12.4. The van der Waals surface area contributed by atoms with Crippen LogP contribution in [0.3, 0.4) is 0 Å². The largest absolute Gasteiger partial charge is 0.493 e. The summed E-state index contributed by atoms with van der Waals surface area (Å²) >= 11 is 0. The SMILES string of the molecule is COc1ccc(CN2C(=O)[C@](O)(CC(=O)c3c(C)coc3C)c3ccccc32)cc1OC. The summed E-state index contributed by atoms with van der Waals surface area (Å²) in [5.41, 5.74) is 0.906. The number of furan rings is 1. The van der Waals surface area contributed by atoms with Crippen LogP contribution in [0.4, 0.5) is 5.69 Å². The topological polar surface area (TPSA) is 89.2 Å². The van der Waals surface area contributed by atoms with E-state index in [0.29, 0.717) is 39.6 Å². The molecule has 2 heterocycles. The highest BCUT2D eigenvalue weighted by atomic mass is 16.5. The van der Waals surface area contributed by atoms with E-state index in [2.05, 4.69) is 0 Å². The van der Waals surface area contributed by atoms with Crippen LogP contribution in [0.5, 0.6) is 11.5 Å². The molecule has 3 aromatic rings. The van der Waals surface area contributed by atoms with Crippen LogP contribution < -0.4 is 14.4 Å². The lowest BCUT2D eigenvalue weighted by atomic mass is 9.87. The highest BCUT2D eigenvalue weighted by Gasteiger charge is 2.51. The lowest BCUT2D eigenvalue weighted by Gasteiger charge is -2.23. The third kappa shape index (κ3) is 3.44. The Bertz CT molecular complexity index is 1180. The minimum absolute atomic E-state index is 0.205. The number of amides is 1. The highest BCUT2D eigenvalue weighted by molar-refractivity contribution is 6.11. The normalized spacial score (nSPS) is 17.4. The van der Waals surface area contributed by atoms with Crippen LogP contribution in [-0.4, -0.2) is 31.0 Å². The predicted molar refractivity (Wildman–Crippen MR) is 118 cm³/mol. The Labute approximate surface area is 186 Å². The van der Waals surface area contributed by atoms with Crippen molar-refractivity contribution < 1.29 is 28.6 Å². The molecule has 4 rings (SSSR count). The lowest BCUT2D eigenvalue weighted by Crippen LogP contribution is -2.41. The fraction of sp³-hybridized carbons (Fsp3) is 0.280. The van der Waals surface area contributed by atoms with Gasteiger partial charge in [-0.1, -0.05) is 24.3 Å². The maximum Gasteiger partial charge on any atom is 0.264 e. The Kier molecular flexibility index (Phi) is 5.52. The molecule has 166 valence electrons. The van der Waals surface area contributed by atoms with Crippen LogP contribution in [0.1, 0.15) is 39.2 Å². The minimum Gasteiger partial charge on any atom is -0.493 e. The van der Waals surface area contributed by atoms with E-state index in [1.165, 1.54) is 11.2 Å². The summed E-state index contributed by atoms with van der Waals surface area (Å²) in [6.07, 6.45) is 1.13. The zero-order valence-electron chi connectivity index (χ0n) is 18.5. The van der Waals surface area contributed by atoms with Crippen molar-refractivity contribution in [2.75, 3.05) is 19.1 Å². The van der Waals surface area contributed by atoms with E-state index in [9.17, 15) is 14.7 Å². The molecule has 2 aromatic carbocycles. The van der Waals surface area contributed by atoms with E-state index < -0.39 is 11.5 Å². The number of carbonyl (C=O) groups excluding carboxylic acids is 2. The van der Waals surface area contributed by atoms with Crippen LogP contribution in [0, 0.1) is 13.8 Å². The molecule has 1 N–H and O–H groups in total. The molecule has 1 aliphatic rings. The Morgan fingerprint density at radius 3 is 2.47 bits per heavy atom. The van der Waals surface area contributed by atoms with E-state index in [0.717, 1.165) is 5.56 Å². The third-order valence-corrected chi connectivity index (χ3v) is 5.88. The molecular formula is C25H25NO6. The number of aryl methyl sites for hydroxylation is 2. The van der Waals surface area contributed by atoms with Gasteiger partial charge in [0, 0.05) is 5.56 Å². The maximum absolute atomic E-state index is 13.5. The van der Waals surface area contributed by atoms with E-state index >= 15 is 0 Å². The highest BCUT2D eigenvalue weighted by Crippen LogP contribution is 2.44. The Balaban J connectivity index is 1.69. The maximum atomic E-state index is 13.5. The quantitative estimate of drug-likeness (QED) is 0.566. The second kappa shape index (κ2) is 8.16. The molecule has 7 nitrogen and oxygen atoms in total. The first-order chi connectivity index (χ1) is 15.3. The number of methoxy groups -OCH3 is 2. The molecular weight excluding hydrogens is 410 g/mol. The number of ketones is 1. The molecule has 0 bridgehead atoms. The van der Waals surface area contributed by atoms with Crippen molar-refractivity contribution in [1.29, 1.82) is 0 Å². The van der Waals surface area contributed by atoms with Gasteiger partial charge in [0.1, 0.15) is 5.76 Å². The van der Waals surface area contributed by atoms with Crippen molar-refractivity contribution in [3.05, 3.63) is 76.7 Å². The first-order valence-corrected chi connectivity index (χ1v) is 10.2. The van der Waals surface area contributed by atoms with Crippen LogP contribution in [0.15, 0.2) is 53.1 Å². The lowest BCUT2D eigenvalue weighted by molar-refractivity contribution is -0.136. The van der Waals surface area contributed by atoms with Gasteiger partial charge in [-0.05, 0) is 43.2 Å². The molecule has 0 aliphatic carbocycles. The standard InChI is InChI=1S/C25H25NO6/c1-15-14-32-16(2)23(15)20(27)12-25(29)18-7-5-6-8-19(18)26(24(25)28)13-17-9-10-21(30-3)22(11-17)31-4/h5-11,14,29H,12-13H2,1-4H3/t25-/m0/s1. The molecule has 0 unspecified atom stereocenters. The number of Topliss-reactive ketones (excluding diaryl/α,β-unsaturated/α-hetero) is 1. The molecule has 1 atom stereocenters. The number of rotatable bonds is 7. The van der Waals surface area contributed by atoms with E-state index in [1.807, 2.05) is 6.07 Å². The smallest absolute Gasteiger partial charge is 0.264 e. The van der Waals surface area contributed by atoms with Crippen molar-refractivity contribution in [3.8, 4) is 11.5 Å². The number of nitrogens with zero attached hydrogens (tertiary/aromatic N) is 1. The number of hydrogen-bond acceptors (Lipinski definition) is 6. The number of aliphatic hydroxyl groups is 1. The van der Waals surface area contributed by atoms with Gasteiger partial charge in [-0.15, -0.1) is 0 Å². The van der Waals surface area contributed by atoms with Crippen molar-refractivity contribution in [2.45, 2.75) is 32.4 Å². The van der Waals surface area contributed by atoms with Crippen molar-refractivity contribution in [3.63, 3.8) is 0 Å². The van der Waals surface area contributed by atoms with Gasteiger partial charge in [-0.3, -0.25) is 9.59 Å². The van der Waals surface area contributed by atoms with Crippen molar-refractivity contribution >= 4 is 17.4 Å². The molecule has 1 aliphatic heterocycles. The van der Waals surface area contributed by atoms with Gasteiger partial charge >= 0.3 is 0 Å². The number of ether oxygens (including phenoxy) is 2. The number of fused-ring (bicyclic) bond motifs is 1. The molecule has 0 radical (unpaired) electrons. The van der Waals surface area contributed by atoms with E-state index in [-0.39, 0.29) is 18.7 Å². The van der Waals surface area contributed by atoms with Gasteiger partial charge in [0.05, 0.1) is 44.7 Å². The first kappa shape index (κ1) is 21.6. The Hall–Kier alpha value is -3.58. The zero-order chi connectivity index (χ0) is 23.0. The molecule has 1 aromatic heterocycles. The average molecular weight is 435 g/mol. The fourth-order valence-electron chi connectivity index (χ4n) is 4.31. The van der Waals surface area contributed by atoms with Gasteiger partial charge < -0.3 is 23.9 Å². The zero-order valence-corrected chi connectivity index (χ0v) is 18.5. The number of para-hydroxylation sites is 1. The fourth-order valence-corrected chi connectivity index (χ4v) is 4.31. The second-order valence-electron chi connectivity index (χ2n) is 7.91. The van der Waals surface area contributed by atoms with Gasteiger partial charge in [-0.2, -0.15) is 0 Å². The minimum atomic E-state index is -1.96. The summed E-state index contributed by atoms with van der Waals surface area (Å²) in [5.74, 6) is 0.712. The Morgan fingerprint density at radius 2 is 1.81 bits per heavy atom. The van der Waals surface area contributed by atoms with E-state index in [4.69, 9.17) is 13.9 Å². The summed E-state index contributed by atoms with van der Waals surface area (Å²) in [4.78, 5) is 28.0. The summed E-state index contributed by atoms with van der Waals surface area (Å²) in [7, 11) is 3.10. The number of carbonyl (C=O) groups is 2. The van der Waals surface area contributed by atoms with Gasteiger partial charge in [0.25, 0.3) is 5.91 Å². The third-order valence-electron chi connectivity index (χ3n) is 5.88. The molecule has 32 heavy (non-hydrogen) atoms. The van der Waals surface area contributed by atoms with Crippen LogP contribution in [0.2, 0.25) is 0 Å². The summed E-state index contributed by atoms with van der Waals surface area (Å²) < 4.78 is 16.0. The number of anilines is 1. The number of hydrogen-bond donors (Lipinski definition) is 1. The van der Waals surface area contributed by atoms with Crippen LogP contribution >= 0.6 is 0 Å². The molecule has 7 heteroatoms. The molecule has 0 fully saturated rings. The van der Waals surface area contributed by atoms with Crippen LogP contribution in [-0.2, 0) is 16.9 Å². The Morgan fingerprint density at radius 1 is 1.09 bits per heavy atom. The molecule has 0 saturated heterocycles. The summed E-state index contributed by atoms with van der Waals surface area (Å²) in [5, 5.41) is 11.5. The van der Waals surface area contributed by atoms with Gasteiger partial charge in [0.15, 0.2) is 22.9 Å². The first-order valence-electron chi connectivity index (χ1n) is 10.2. The number of benzene rings is 2. The van der Waals surface area contributed by atoms with Crippen LogP contribution in [0.25, 0.3) is 0 Å². The predicted octanol–water partition coefficient (Wildman–Crippen LogP) is 3.92. The summed E-state index contributed by atoms with van der Waals surface area (Å²) in [6.45, 7) is 3.66. The molecule has 0 spiro atoms. The second-order valence-corrected chi connectivity index (χ2v) is 7.91. The van der Waals surface area contributed by atoms with E-state index in [1.54, 1.807) is 64.5 Å².